The average molecular weight is 412 g/mol. The van der Waals surface area contributed by atoms with Gasteiger partial charge in [0.15, 0.2) is 0 Å². The minimum absolute atomic E-state index is 0.0718. The number of nitrogens with zero attached hydrogens (tertiary/aromatic N) is 1. The van der Waals surface area contributed by atoms with Gasteiger partial charge in [-0.3, -0.25) is 0 Å². The second-order valence-corrected chi connectivity index (χ2v) is 7.47. The standard InChI is InChI=1S/C23H27NOSe/c1-4-11-21(22(25)18(2)3)23(26)24(16-19-12-7-5-8-13-19)17-20-14-9-6-10-15-20/h4-10,12-15,21-22,25H,1-2,11,16-17H2,3H3/t21-,22+/m0/s1. The van der Waals surface area contributed by atoms with Crippen LogP contribution < -0.4 is 0 Å². The van der Waals surface area contributed by atoms with E-state index in [0.29, 0.717) is 6.42 Å². The van der Waals surface area contributed by atoms with Crippen LogP contribution in [-0.2, 0) is 13.1 Å². The minimum atomic E-state index is -0.599. The Morgan fingerprint density at radius 1 is 1.04 bits per heavy atom. The molecule has 2 nitrogen and oxygen atoms in total. The van der Waals surface area contributed by atoms with Gasteiger partial charge in [-0.25, -0.2) is 0 Å². The van der Waals surface area contributed by atoms with Crippen molar-refractivity contribution in [2.75, 3.05) is 0 Å². The van der Waals surface area contributed by atoms with E-state index in [1.165, 1.54) is 11.1 Å². The van der Waals surface area contributed by atoms with Crippen molar-refractivity contribution in [1.82, 2.24) is 4.90 Å². The van der Waals surface area contributed by atoms with Gasteiger partial charge in [-0.15, -0.1) is 0 Å². The first-order valence-corrected chi connectivity index (χ1v) is 9.69. The number of hydrogen-bond donors (Lipinski definition) is 1. The van der Waals surface area contributed by atoms with Crippen LogP contribution in [0.1, 0.15) is 24.5 Å². The third kappa shape index (κ3) is 5.81. The van der Waals surface area contributed by atoms with Gasteiger partial charge in [0.2, 0.25) is 0 Å². The second kappa shape index (κ2) is 10.3. The van der Waals surface area contributed by atoms with E-state index >= 15 is 0 Å². The summed E-state index contributed by atoms with van der Waals surface area (Å²) in [4.78, 5) is 2.30. The molecule has 0 unspecified atom stereocenters. The van der Waals surface area contributed by atoms with Crippen molar-refractivity contribution in [3.63, 3.8) is 0 Å². The van der Waals surface area contributed by atoms with E-state index in [-0.39, 0.29) is 5.92 Å². The van der Waals surface area contributed by atoms with Crippen LogP contribution in [0.25, 0.3) is 0 Å². The van der Waals surface area contributed by atoms with Crippen LogP contribution in [0, 0.1) is 5.92 Å². The van der Waals surface area contributed by atoms with Crippen molar-refractivity contribution < 1.29 is 5.11 Å². The summed E-state index contributed by atoms with van der Waals surface area (Å²) in [6.07, 6.45) is 1.95. The van der Waals surface area contributed by atoms with Gasteiger partial charge in [0.25, 0.3) is 0 Å². The predicted molar refractivity (Wildman–Crippen MR) is 112 cm³/mol. The molecule has 2 atom stereocenters. The van der Waals surface area contributed by atoms with Crippen LogP contribution in [0.4, 0.5) is 0 Å². The van der Waals surface area contributed by atoms with Crippen molar-refractivity contribution in [3.8, 4) is 0 Å². The maximum atomic E-state index is 10.7. The Kier molecular flexibility index (Phi) is 8.05. The molecular weight excluding hydrogens is 385 g/mol. The molecule has 0 amide bonds. The zero-order valence-electron chi connectivity index (χ0n) is 15.3. The van der Waals surface area contributed by atoms with E-state index in [9.17, 15) is 5.11 Å². The quantitative estimate of drug-likeness (QED) is 0.469. The Hall–Kier alpha value is -1.93. The summed E-state index contributed by atoms with van der Waals surface area (Å²) in [6, 6.07) is 20.8. The number of hydrogen-bond acceptors (Lipinski definition) is 2. The molecule has 2 aromatic rings. The van der Waals surface area contributed by atoms with E-state index in [1.807, 2.05) is 25.1 Å². The van der Waals surface area contributed by atoms with Crippen LogP contribution >= 0.6 is 0 Å². The molecular formula is C23H27NOSe. The SMILES string of the molecule is C=CC[C@H](C(=[Se])N(Cc1ccccc1)Cc1ccccc1)[C@H](O)C(=C)C. The summed E-state index contributed by atoms with van der Waals surface area (Å²) in [6.45, 7) is 11.2. The number of benzene rings is 2. The third-order valence-corrected chi connectivity index (χ3v) is 5.54. The average Bonchev–Trinajstić information content (AvgIpc) is 2.66. The molecule has 0 radical (unpaired) electrons. The van der Waals surface area contributed by atoms with E-state index in [2.05, 4.69) is 82.2 Å². The molecule has 0 aromatic heterocycles. The molecule has 0 saturated carbocycles. The van der Waals surface area contributed by atoms with E-state index in [0.717, 1.165) is 23.2 Å². The zero-order valence-corrected chi connectivity index (χ0v) is 17.1. The maximum absolute atomic E-state index is 10.7. The fourth-order valence-corrected chi connectivity index (χ4v) is 3.68. The molecule has 136 valence electrons. The third-order valence-electron chi connectivity index (χ3n) is 4.37. The monoisotopic (exact) mass is 413 g/mol. The Morgan fingerprint density at radius 3 is 1.88 bits per heavy atom. The van der Waals surface area contributed by atoms with Gasteiger partial charge in [0.1, 0.15) is 0 Å². The van der Waals surface area contributed by atoms with Crippen molar-refractivity contribution in [1.29, 1.82) is 0 Å². The van der Waals surface area contributed by atoms with Gasteiger partial charge in [-0.2, -0.15) is 0 Å². The van der Waals surface area contributed by atoms with Crippen LogP contribution in [0.5, 0.6) is 0 Å². The van der Waals surface area contributed by atoms with Gasteiger partial charge in [-0.1, -0.05) is 0 Å². The second-order valence-electron chi connectivity index (χ2n) is 6.59. The first-order chi connectivity index (χ1) is 12.5. The van der Waals surface area contributed by atoms with E-state index < -0.39 is 6.10 Å². The van der Waals surface area contributed by atoms with E-state index in [1.54, 1.807) is 0 Å². The predicted octanol–water partition coefficient (Wildman–Crippen LogP) is 4.12. The molecule has 2 rings (SSSR count). The summed E-state index contributed by atoms with van der Waals surface area (Å²) in [5.41, 5.74) is 3.24. The van der Waals surface area contributed by atoms with Gasteiger partial charge in [-0.05, 0) is 0 Å². The Morgan fingerprint density at radius 2 is 1.50 bits per heavy atom. The Labute approximate surface area is 165 Å². The summed E-state index contributed by atoms with van der Waals surface area (Å²) in [5.74, 6) is -0.0718. The van der Waals surface area contributed by atoms with Gasteiger partial charge in [0.05, 0.1) is 0 Å². The zero-order chi connectivity index (χ0) is 18.9. The first kappa shape index (κ1) is 20.4. The summed E-state index contributed by atoms with van der Waals surface area (Å²) < 4.78 is 1.04. The molecule has 0 bridgehead atoms. The molecule has 0 aliphatic heterocycles. The van der Waals surface area contributed by atoms with Crippen molar-refractivity contribution in [2.45, 2.75) is 32.5 Å². The molecule has 26 heavy (non-hydrogen) atoms. The molecule has 0 spiro atoms. The Balaban J connectivity index is 2.29. The molecule has 0 saturated heterocycles. The molecule has 0 heterocycles. The molecule has 3 heteroatoms. The molecule has 0 fully saturated rings. The number of allylic oxidation sites excluding steroid dienone is 1. The van der Waals surface area contributed by atoms with Crippen LogP contribution in [-0.4, -0.2) is 36.2 Å². The number of aliphatic hydroxyl groups excluding tert-OH is 1. The normalized spacial score (nSPS) is 12.8. The molecule has 1 N–H and O–H groups in total. The van der Waals surface area contributed by atoms with Crippen LogP contribution in [0.2, 0.25) is 0 Å². The summed E-state index contributed by atoms with van der Waals surface area (Å²) in [7, 11) is 0. The molecule has 0 aliphatic rings. The Bertz CT molecular complexity index is 685. The fraction of sp³-hybridized carbons (Fsp3) is 0.261. The van der Waals surface area contributed by atoms with Gasteiger partial charge >= 0.3 is 165 Å². The molecule has 2 aromatic carbocycles. The van der Waals surface area contributed by atoms with Gasteiger partial charge < -0.3 is 0 Å². The van der Waals surface area contributed by atoms with Crippen molar-refractivity contribution in [3.05, 3.63) is 96.6 Å². The van der Waals surface area contributed by atoms with Crippen LogP contribution in [0.3, 0.4) is 0 Å². The first-order valence-electron chi connectivity index (χ1n) is 8.84. The number of aliphatic hydroxyl groups is 1. The summed E-state index contributed by atoms with van der Waals surface area (Å²) >= 11 is 3.23. The topological polar surface area (TPSA) is 23.5 Å². The van der Waals surface area contributed by atoms with Crippen molar-refractivity contribution >= 4 is 20.1 Å². The molecule has 0 aliphatic carbocycles. The summed E-state index contributed by atoms with van der Waals surface area (Å²) in [5, 5.41) is 10.7. The number of rotatable bonds is 10. The van der Waals surface area contributed by atoms with Crippen LogP contribution in [0.15, 0.2) is 85.5 Å². The van der Waals surface area contributed by atoms with E-state index in [4.69, 9.17) is 0 Å². The van der Waals surface area contributed by atoms with Crippen molar-refractivity contribution in [2.24, 2.45) is 5.92 Å². The van der Waals surface area contributed by atoms with Gasteiger partial charge in [0, 0.05) is 0 Å². The fourth-order valence-electron chi connectivity index (χ4n) is 2.94.